The lowest BCUT2D eigenvalue weighted by Gasteiger charge is -2.24. The average molecular weight is 250 g/mol. The normalized spacial score (nSPS) is 14.8. The number of nitrogens with one attached hydrogen (secondary N) is 1. The molecule has 100 valence electrons. The summed E-state index contributed by atoms with van der Waals surface area (Å²) in [5, 5.41) is 3.46. The average Bonchev–Trinajstić information content (AvgIpc) is 2.61. The molecule has 0 saturated heterocycles. The van der Waals surface area contributed by atoms with Gasteiger partial charge in [-0.3, -0.25) is 0 Å². The molecule has 0 unspecified atom stereocenters. The van der Waals surface area contributed by atoms with Crippen molar-refractivity contribution in [2.45, 2.75) is 6.42 Å². The van der Waals surface area contributed by atoms with Crippen LogP contribution in [0.4, 0.5) is 11.4 Å². The second kappa shape index (κ2) is 7.24. The molecule has 1 N–H and O–H groups in total. The molecule has 1 aliphatic rings. The summed E-state index contributed by atoms with van der Waals surface area (Å²) in [6.07, 6.45) is 1.16. The van der Waals surface area contributed by atoms with Crippen LogP contribution in [0.15, 0.2) is 24.3 Å². The van der Waals surface area contributed by atoms with Gasteiger partial charge in [-0.1, -0.05) is 12.1 Å². The Hall–Kier alpha value is -1.26. The molecule has 0 bridgehead atoms. The second-order valence-corrected chi connectivity index (χ2v) is 4.39. The summed E-state index contributed by atoms with van der Waals surface area (Å²) >= 11 is 0. The molecule has 0 aliphatic carbocycles. The Morgan fingerprint density at radius 3 is 3.00 bits per heavy atom. The summed E-state index contributed by atoms with van der Waals surface area (Å²) in [6.45, 7) is 5.14. The van der Waals surface area contributed by atoms with E-state index in [2.05, 4.69) is 34.5 Å². The van der Waals surface area contributed by atoms with Gasteiger partial charge in [-0.2, -0.15) is 0 Å². The van der Waals surface area contributed by atoms with Gasteiger partial charge in [0.25, 0.3) is 0 Å². The van der Waals surface area contributed by atoms with Crippen molar-refractivity contribution >= 4 is 11.4 Å². The van der Waals surface area contributed by atoms with E-state index in [0.717, 1.165) is 32.7 Å². The van der Waals surface area contributed by atoms with Gasteiger partial charge in [-0.25, -0.2) is 0 Å². The van der Waals surface area contributed by atoms with Crippen molar-refractivity contribution in [2.24, 2.45) is 0 Å². The molecular weight excluding hydrogens is 228 g/mol. The maximum Gasteiger partial charge on any atom is 0.0701 e. The van der Waals surface area contributed by atoms with Gasteiger partial charge in [0, 0.05) is 26.7 Å². The fraction of sp³-hybridized carbons (Fsp3) is 0.571. The van der Waals surface area contributed by atoms with E-state index in [1.165, 1.54) is 11.4 Å². The van der Waals surface area contributed by atoms with Crippen molar-refractivity contribution in [2.75, 3.05) is 56.8 Å². The third kappa shape index (κ3) is 3.62. The van der Waals surface area contributed by atoms with Gasteiger partial charge >= 0.3 is 0 Å². The number of ether oxygens (including phenoxy) is 2. The van der Waals surface area contributed by atoms with Crippen LogP contribution < -0.4 is 10.2 Å². The van der Waals surface area contributed by atoms with Gasteiger partial charge in [0.2, 0.25) is 0 Å². The summed E-state index contributed by atoms with van der Waals surface area (Å²) in [4.78, 5) is 2.39. The molecule has 0 saturated carbocycles. The highest BCUT2D eigenvalue weighted by Gasteiger charge is 2.13. The van der Waals surface area contributed by atoms with E-state index in [1.807, 2.05) is 0 Å². The summed E-state index contributed by atoms with van der Waals surface area (Å²) in [5.41, 5.74) is 2.51. The van der Waals surface area contributed by atoms with Crippen LogP contribution in [0.2, 0.25) is 0 Å². The topological polar surface area (TPSA) is 33.7 Å². The van der Waals surface area contributed by atoms with Gasteiger partial charge in [0.15, 0.2) is 0 Å². The van der Waals surface area contributed by atoms with Crippen LogP contribution in [0.1, 0.15) is 6.42 Å². The molecule has 0 amide bonds. The first kappa shape index (κ1) is 13.2. The number of nitrogens with zero attached hydrogens (tertiary/aromatic N) is 1. The predicted octanol–water partition coefficient (Wildman–Crippen LogP) is 1.97. The summed E-state index contributed by atoms with van der Waals surface area (Å²) in [7, 11) is 1.69. The molecule has 1 aromatic rings. The van der Waals surface area contributed by atoms with Crippen LogP contribution in [0.5, 0.6) is 0 Å². The quantitative estimate of drug-likeness (QED) is 0.783. The van der Waals surface area contributed by atoms with Gasteiger partial charge in [0.05, 0.1) is 31.2 Å². The maximum absolute atomic E-state index is 5.55. The fourth-order valence-corrected chi connectivity index (χ4v) is 2.16. The van der Waals surface area contributed by atoms with Gasteiger partial charge in [-0.05, 0) is 18.6 Å². The molecule has 4 nitrogen and oxygen atoms in total. The van der Waals surface area contributed by atoms with Crippen LogP contribution in [0, 0.1) is 0 Å². The monoisotopic (exact) mass is 250 g/mol. The van der Waals surface area contributed by atoms with Crippen LogP contribution in [0.25, 0.3) is 0 Å². The Balaban J connectivity index is 1.88. The van der Waals surface area contributed by atoms with Gasteiger partial charge in [0.1, 0.15) is 0 Å². The number of hydrogen-bond acceptors (Lipinski definition) is 4. The third-order valence-corrected chi connectivity index (χ3v) is 3.10. The maximum atomic E-state index is 5.55. The third-order valence-electron chi connectivity index (χ3n) is 3.10. The Morgan fingerprint density at radius 2 is 2.11 bits per heavy atom. The number of benzene rings is 1. The molecule has 4 heteroatoms. The molecule has 2 rings (SSSR count). The van der Waals surface area contributed by atoms with E-state index in [-0.39, 0.29) is 0 Å². The van der Waals surface area contributed by atoms with Crippen molar-refractivity contribution in [1.82, 2.24) is 0 Å². The molecule has 18 heavy (non-hydrogen) atoms. The highest BCUT2D eigenvalue weighted by Crippen LogP contribution is 2.27. The van der Waals surface area contributed by atoms with Crippen molar-refractivity contribution in [3.63, 3.8) is 0 Å². The highest BCUT2D eigenvalue weighted by atomic mass is 16.5. The Labute approximate surface area is 109 Å². The van der Waals surface area contributed by atoms with Crippen LogP contribution >= 0.6 is 0 Å². The van der Waals surface area contributed by atoms with Crippen molar-refractivity contribution in [3.8, 4) is 0 Å². The number of para-hydroxylation sites is 2. The molecule has 1 heterocycles. The first-order valence-electron chi connectivity index (χ1n) is 6.56. The lowest BCUT2D eigenvalue weighted by Crippen LogP contribution is -2.28. The molecular formula is C14H22N2O2. The van der Waals surface area contributed by atoms with Crippen molar-refractivity contribution in [1.29, 1.82) is 0 Å². The predicted molar refractivity (Wildman–Crippen MR) is 74.5 cm³/mol. The smallest absolute Gasteiger partial charge is 0.0701 e. The van der Waals surface area contributed by atoms with Crippen molar-refractivity contribution in [3.05, 3.63) is 24.3 Å². The molecule has 0 spiro atoms. The second-order valence-electron chi connectivity index (χ2n) is 4.39. The van der Waals surface area contributed by atoms with E-state index in [1.54, 1.807) is 7.11 Å². The van der Waals surface area contributed by atoms with Gasteiger partial charge in [-0.15, -0.1) is 0 Å². The van der Waals surface area contributed by atoms with Crippen LogP contribution in [-0.2, 0) is 9.47 Å². The highest BCUT2D eigenvalue weighted by molar-refractivity contribution is 5.70. The minimum absolute atomic E-state index is 0.665. The van der Waals surface area contributed by atoms with Crippen molar-refractivity contribution < 1.29 is 9.47 Å². The van der Waals surface area contributed by atoms with E-state index in [4.69, 9.17) is 9.47 Å². The van der Waals surface area contributed by atoms with Crippen LogP contribution in [-0.4, -0.2) is 46.6 Å². The largest absolute Gasteiger partial charge is 0.383 e. The molecule has 1 aliphatic heterocycles. The number of fused-ring (bicyclic) bond motifs is 1. The van der Waals surface area contributed by atoms with E-state index >= 15 is 0 Å². The zero-order valence-electron chi connectivity index (χ0n) is 11.0. The summed E-state index contributed by atoms with van der Waals surface area (Å²) < 4.78 is 10.5. The number of hydrogen-bond donors (Lipinski definition) is 1. The molecule has 0 atom stereocenters. The molecule has 0 fully saturated rings. The number of rotatable bonds is 6. The fourth-order valence-electron chi connectivity index (χ4n) is 2.16. The standard InChI is InChI=1S/C14H22N2O2/c1-17-11-12-18-10-9-16-8-4-7-15-13-5-2-3-6-14(13)16/h2-3,5-6,15H,4,7-12H2,1H3. The van der Waals surface area contributed by atoms with Gasteiger partial charge < -0.3 is 19.7 Å². The molecule has 0 aromatic heterocycles. The molecule has 0 radical (unpaired) electrons. The number of anilines is 2. The minimum Gasteiger partial charge on any atom is -0.383 e. The first-order valence-corrected chi connectivity index (χ1v) is 6.56. The Morgan fingerprint density at radius 1 is 1.22 bits per heavy atom. The number of methoxy groups -OCH3 is 1. The van der Waals surface area contributed by atoms with E-state index < -0.39 is 0 Å². The lowest BCUT2D eigenvalue weighted by atomic mass is 10.2. The van der Waals surface area contributed by atoms with E-state index in [9.17, 15) is 0 Å². The zero-order chi connectivity index (χ0) is 12.6. The van der Waals surface area contributed by atoms with E-state index in [0.29, 0.717) is 13.2 Å². The lowest BCUT2D eigenvalue weighted by molar-refractivity contribution is 0.0740. The first-order chi connectivity index (χ1) is 8.92. The minimum atomic E-state index is 0.665. The zero-order valence-corrected chi connectivity index (χ0v) is 11.0. The Bertz CT molecular complexity index is 357. The molecule has 1 aromatic carbocycles. The SMILES string of the molecule is COCCOCCN1CCCNc2ccccc21. The van der Waals surface area contributed by atoms with Crippen LogP contribution in [0.3, 0.4) is 0 Å². The summed E-state index contributed by atoms with van der Waals surface area (Å²) in [5.74, 6) is 0. The Kier molecular flexibility index (Phi) is 5.30. The summed E-state index contributed by atoms with van der Waals surface area (Å²) in [6, 6.07) is 8.47.